The molecular weight excluding hydrogens is 209 g/mol. The Morgan fingerprint density at radius 2 is 2.18 bits per heavy atom. The maximum atomic E-state index is 13.0. The number of aromatic amines is 1. The number of hydrogen-bond acceptors (Lipinski definition) is 0. The van der Waals surface area contributed by atoms with Crippen molar-refractivity contribution in [1.82, 2.24) is 4.98 Å². The Morgan fingerprint density at radius 3 is 3.00 bits per heavy atom. The predicted molar refractivity (Wildman–Crippen MR) is 46.0 cm³/mol. The predicted octanol–water partition coefficient (Wildman–Crippen LogP) is 3.07. The van der Waals surface area contributed by atoms with Crippen molar-refractivity contribution in [1.29, 1.82) is 0 Å². The van der Waals surface area contributed by atoms with E-state index in [4.69, 9.17) is 0 Å². The van der Waals surface area contributed by atoms with Gasteiger partial charge in [-0.2, -0.15) is 0 Å². The number of halogens is 2. The van der Waals surface area contributed by atoms with Gasteiger partial charge < -0.3 is 4.98 Å². The molecule has 1 aromatic heterocycles. The largest absolute Gasteiger partial charge is 0.359 e. The summed E-state index contributed by atoms with van der Waals surface area (Å²) in [6.45, 7) is 0. The molecule has 0 aliphatic carbocycles. The highest BCUT2D eigenvalue weighted by atomic mass is 79.9. The van der Waals surface area contributed by atoms with E-state index < -0.39 is 0 Å². The van der Waals surface area contributed by atoms with Gasteiger partial charge >= 0.3 is 0 Å². The maximum absolute atomic E-state index is 13.0. The minimum atomic E-state index is -0.223. The SMILES string of the molecule is Fc1cc(Br)cc2cc[nH]c12. The maximum Gasteiger partial charge on any atom is 0.148 e. The molecule has 0 fully saturated rings. The van der Waals surface area contributed by atoms with E-state index in [-0.39, 0.29) is 5.82 Å². The lowest BCUT2D eigenvalue weighted by Crippen LogP contribution is -1.76. The summed E-state index contributed by atoms with van der Waals surface area (Å²) in [6.07, 6.45) is 1.72. The average Bonchev–Trinajstić information content (AvgIpc) is 2.34. The number of rotatable bonds is 0. The Morgan fingerprint density at radius 1 is 1.36 bits per heavy atom. The first-order chi connectivity index (χ1) is 5.27. The van der Waals surface area contributed by atoms with Gasteiger partial charge in [0.1, 0.15) is 5.82 Å². The van der Waals surface area contributed by atoms with Gasteiger partial charge in [0.25, 0.3) is 0 Å². The highest BCUT2D eigenvalue weighted by Crippen LogP contribution is 2.21. The minimum Gasteiger partial charge on any atom is -0.359 e. The summed E-state index contributed by atoms with van der Waals surface area (Å²) in [5, 5.41) is 0.886. The number of nitrogens with one attached hydrogen (secondary N) is 1. The third kappa shape index (κ3) is 1.05. The molecule has 0 saturated carbocycles. The molecule has 2 rings (SSSR count). The molecule has 0 spiro atoms. The summed E-state index contributed by atoms with van der Waals surface area (Å²) in [7, 11) is 0. The standard InChI is InChI=1S/C8H5BrFN/c9-6-3-5-1-2-11-8(5)7(10)4-6/h1-4,11H. The van der Waals surface area contributed by atoms with Crippen molar-refractivity contribution < 1.29 is 4.39 Å². The second kappa shape index (κ2) is 2.34. The molecule has 1 aromatic carbocycles. The summed E-state index contributed by atoms with van der Waals surface area (Å²) in [6, 6.07) is 5.15. The number of hydrogen-bond donors (Lipinski definition) is 1. The van der Waals surface area contributed by atoms with E-state index in [0.717, 1.165) is 9.86 Å². The first-order valence-corrected chi connectivity index (χ1v) is 3.99. The van der Waals surface area contributed by atoms with Crippen LogP contribution in [-0.2, 0) is 0 Å². The van der Waals surface area contributed by atoms with Gasteiger partial charge in [-0.1, -0.05) is 15.9 Å². The fourth-order valence-corrected chi connectivity index (χ4v) is 1.54. The topological polar surface area (TPSA) is 15.8 Å². The van der Waals surface area contributed by atoms with Gasteiger partial charge in [0.15, 0.2) is 0 Å². The summed E-state index contributed by atoms with van der Waals surface area (Å²) in [4.78, 5) is 2.82. The van der Waals surface area contributed by atoms with Crippen LogP contribution < -0.4 is 0 Å². The normalized spacial score (nSPS) is 10.7. The second-order valence-electron chi connectivity index (χ2n) is 2.33. The van der Waals surface area contributed by atoms with E-state index in [0.29, 0.717) is 5.52 Å². The minimum absolute atomic E-state index is 0.223. The zero-order valence-electron chi connectivity index (χ0n) is 5.57. The first-order valence-electron chi connectivity index (χ1n) is 3.19. The van der Waals surface area contributed by atoms with E-state index in [2.05, 4.69) is 20.9 Å². The molecule has 0 amide bonds. The van der Waals surface area contributed by atoms with Crippen molar-refractivity contribution in [3.8, 4) is 0 Å². The van der Waals surface area contributed by atoms with Crippen molar-refractivity contribution in [3.63, 3.8) is 0 Å². The molecule has 0 saturated heterocycles. The van der Waals surface area contributed by atoms with Crippen molar-refractivity contribution in [2.75, 3.05) is 0 Å². The smallest absolute Gasteiger partial charge is 0.148 e. The molecule has 1 nitrogen and oxygen atoms in total. The molecule has 56 valence electrons. The third-order valence-corrected chi connectivity index (χ3v) is 2.03. The molecule has 0 unspecified atom stereocenters. The highest BCUT2D eigenvalue weighted by Gasteiger charge is 2.01. The van der Waals surface area contributed by atoms with Gasteiger partial charge in [-0.05, 0) is 18.2 Å². The average molecular weight is 214 g/mol. The van der Waals surface area contributed by atoms with Crippen LogP contribution in [0.15, 0.2) is 28.9 Å². The van der Waals surface area contributed by atoms with Gasteiger partial charge in [0, 0.05) is 16.1 Å². The molecule has 1 N–H and O–H groups in total. The molecule has 2 aromatic rings. The van der Waals surface area contributed by atoms with Crippen LogP contribution in [0.25, 0.3) is 10.9 Å². The molecule has 0 radical (unpaired) electrons. The van der Waals surface area contributed by atoms with Crippen LogP contribution in [0.1, 0.15) is 0 Å². The van der Waals surface area contributed by atoms with Gasteiger partial charge in [0.2, 0.25) is 0 Å². The second-order valence-corrected chi connectivity index (χ2v) is 3.25. The van der Waals surface area contributed by atoms with E-state index in [9.17, 15) is 4.39 Å². The highest BCUT2D eigenvalue weighted by molar-refractivity contribution is 9.10. The fourth-order valence-electron chi connectivity index (χ4n) is 1.09. The van der Waals surface area contributed by atoms with E-state index >= 15 is 0 Å². The van der Waals surface area contributed by atoms with Crippen molar-refractivity contribution in [2.45, 2.75) is 0 Å². The molecule has 1 heterocycles. The molecule has 0 atom stereocenters. The molecule has 0 aliphatic rings. The Labute approximate surface area is 71.4 Å². The Kier molecular flexibility index (Phi) is 1.46. The number of H-pyrrole nitrogens is 1. The van der Waals surface area contributed by atoms with E-state index in [1.54, 1.807) is 6.20 Å². The van der Waals surface area contributed by atoms with Crippen molar-refractivity contribution in [3.05, 3.63) is 34.7 Å². The Bertz CT molecular complexity index is 394. The van der Waals surface area contributed by atoms with Crippen LogP contribution in [0, 0.1) is 5.82 Å². The van der Waals surface area contributed by atoms with Gasteiger partial charge in [0.05, 0.1) is 5.52 Å². The Hall–Kier alpha value is -0.830. The number of fused-ring (bicyclic) bond motifs is 1. The van der Waals surface area contributed by atoms with Crippen LogP contribution in [0.2, 0.25) is 0 Å². The molecule has 3 heteroatoms. The third-order valence-electron chi connectivity index (χ3n) is 1.58. The molecular formula is C8H5BrFN. The first kappa shape index (κ1) is 6.85. The van der Waals surface area contributed by atoms with Crippen LogP contribution in [-0.4, -0.2) is 4.98 Å². The van der Waals surface area contributed by atoms with Gasteiger partial charge in [-0.3, -0.25) is 0 Å². The van der Waals surface area contributed by atoms with Crippen LogP contribution >= 0.6 is 15.9 Å². The van der Waals surface area contributed by atoms with Crippen LogP contribution in [0.3, 0.4) is 0 Å². The quantitative estimate of drug-likeness (QED) is 0.693. The lowest BCUT2D eigenvalue weighted by molar-refractivity contribution is 0.636. The molecule has 11 heavy (non-hydrogen) atoms. The summed E-state index contributed by atoms with van der Waals surface area (Å²) in [5.74, 6) is -0.223. The van der Waals surface area contributed by atoms with E-state index in [1.165, 1.54) is 6.07 Å². The van der Waals surface area contributed by atoms with Crippen LogP contribution in [0.5, 0.6) is 0 Å². The fraction of sp³-hybridized carbons (Fsp3) is 0. The summed E-state index contributed by atoms with van der Waals surface area (Å²) < 4.78 is 13.8. The lowest BCUT2D eigenvalue weighted by atomic mass is 10.2. The van der Waals surface area contributed by atoms with Crippen molar-refractivity contribution in [2.24, 2.45) is 0 Å². The lowest BCUT2D eigenvalue weighted by Gasteiger charge is -1.93. The van der Waals surface area contributed by atoms with Gasteiger partial charge in [-0.15, -0.1) is 0 Å². The number of aromatic nitrogens is 1. The van der Waals surface area contributed by atoms with E-state index in [1.807, 2.05) is 12.1 Å². The summed E-state index contributed by atoms with van der Waals surface area (Å²) >= 11 is 3.21. The zero-order chi connectivity index (χ0) is 7.84. The number of benzene rings is 1. The summed E-state index contributed by atoms with van der Waals surface area (Å²) in [5.41, 5.74) is 0.563. The van der Waals surface area contributed by atoms with Crippen molar-refractivity contribution >= 4 is 26.8 Å². The zero-order valence-corrected chi connectivity index (χ0v) is 7.15. The monoisotopic (exact) mass is 213 g/mol. The van der Waals surface area contributed by atoms with Crippen LogP contribution in [0.4, 0.5) is 4.39 Å². The van der Waals surface area contributed by atoms with Gasteiger partial charge in [-0.25, -0.2) is 4.39 Å². The Balaban J connectivity index is 2.91. The molecule has 0 bridgehead atoms. The molecule has 0 aliphatic heterocycles.